The van der Waals surface area contributed by atoms with E-state index in [0.717, 1.165) is 14.8 Å². The van der Waals surface area contributed by atoms with E-state index in [0.29, 0.717) is 5.02 Å². The third-order valence-electron chi connectivity index (χ3n) is 2.85. The molecule has 1 heterocycles. The van der Waals surface area contributed by atoms with Gasteiger partial charge < -0.3 is 5.73 Å². The normalized spacial score (nSPS) is 12.8. The Morgan fingerprint density at radius 3 is 2.35 bits per heavy atom. The Morgan fingerprint density at radius 2 is 1.76 bits per heavy atom. The first kappa shape index (κ1) is 12.9. The highest BCUT2D eigenvalue weighted by atomic mass is 35.5. The lowest BCUT2D eigenvalue weighted by molar-refractivity contribution is 0.890. The van der Waals surface area contributed by atoms with Crippen molar-refractivity contribution in [3.63, 3.8) is 0 Å². The number of halogens is 2. The molecule has 0 amide bonds. The third-order valence-corrected chi connectivity index (χ3v) is 4.49. The predicted octanol–water partition coefficient (Wildman–Crippen LogP) is 4.72. The Hall–Kier alpha value is -0.540. The second-order valence-corrected chi connectivity index (χ2v) is 6.23. The molecule has 0 spiro atoms. The van der Waals surface area contributed by atoms with Crippen molar-refractivity contribution in [1.29, 1.82) is 0 Å². The fraction of sp³-hybridized carbons (Fsp3) is 0.231. The van der Waals surface area contributed by atoms with Crippen LogP contribution in [0.3, 0.4) is 0 Å². The van der Waals surface area contributed by atoms with Gasteiger partial charge in [-0.2, -0.15) is 0 Å². The minimum Gasteiger partial charge on any atom is -0.320 e. The Labute approximate surface area is 115 Å². The van der Waals surface area contributed by atoms with Crippen LogP contribution in [0.4, 0.5) is 0 Å². The van der Waals surface area contributed by atoms with E-state index >= 15 is 0 Å². The van der Waals surface area contributed by atoms with Gasteiger partial charge in [0.05, 0.1) is 10.4 Å². The average molecular weight is 286 g/mol. The molecular formula is C13H13Cl2NS. The summed E-state index contributed by atoms with van der Waals surface area (Å²) in [6.07, 6.45) is 0. The van der Waals surface area contributed by atoms with E-state index in [1.165, 1.54) is 22.5 Å². The molecule has 2 aromatic rings. The molecule has 0 aliphatic rings. The highest BCUT2D eigenvalue weighted by Crippen LogP contribution is 2.33. The van der Waals surface area contributed by atoms with Gasteiger partial charge in [0.15, 0.2) is 0 Å². The molecule has 1 nitrogen and oxygen atoms in total. The van der Waals surface area contributed by atoms with Crippen LogP contribution in [0.15, 0.2) is 24.3 Å². The zero-order chi connectivity index (χ0) is 12.6. The van der Waals surface area contributed by atoms with Crippen LogP contribution in [0.25, 0.3) is 0 Å². The van der Waals surface area contributed by atoms with Crippen LogP contribution in [0.2, 0.25) is 9.36 Å². The van der Waals surface area contributed by atoms with Crippen molar-refractivity contribution in [2.45, 2.75) is 19.9 Å². The van der Waals surface area contributed by atoms with E-state index in [1.54, 1.807) is 0 Å². The van der Waals surface area contributed by atoms with Gasteiger partial charge in [0.25, 0.3) is 0 Å². The Balaban J connectivity index is 2.43. The zero-order valence-electron chi connectivity index (χ0n) is 9.63. The molecule has 1 aromatic heterocycles. The van der Waals surface area contributed by atoms with Gasteiger partial charge in [-0.3, -0.25) is 0 Å². The largest absolute Gasteiger partial charge is 0.320 e. The quantitative estimate of drug-likeness (QED) is 0.849. The molecule has 0 aliphatic heterocycles. The van der Waals surface area contributed by atoms with Crippen LogP contribution in [0.1, 0.15) is 27.6 Å². The topological polar surface area (TPSA) is 26.0 Å². The number of benzene rings is 1. The van der Waals surface area contributed by atoms with Crippen molar-refractivity contribution in [2.24, 2.45) is 5.73 Å². The van der Waals surface area contributed by atoms with E-state index in [-0.39, 0.29) is 6.04 Å². The minimum atomic E-state index is -0.209. The molecule has 2 N–H and O–H groups in total. The third kappa shape index (κ3) is 2.66. The fourth-order valence-corrected chi connectivity index (χ4v) is 3.11. The lowest BCUT2D eigenvalue weighted by atomic mass is 10.0. The molecular weight excluding hydrogens is 273 g/mol. The molecule has 0 fully saturated rings. The summed E-state index contributed by atoms with van der Waals surface area (Å²) < 4.78 is 0.746. The van der Waals surface area contributed by atoms with Crippen LogP contribution in [0.5, 0.6) is 0 Å². The summed E-state index contributed by atoms with van der Waals surface area (Å²) in [5.74, 6) is 0. The molecule has 4 heteroatoms. The van der Waals surface area contributed by atoms with Gasteiger partial charge in [0.2, 0.25) is 0 Å². The first-order valence-corrected chi connectivity index (χ1v) is 6.83. The zero-order valence-corrected chi connectivity index (χ0v) is 12.0. The Kier molecular flexibility index (Phi) is 3.79. The van der Waals surface area contributed by atoms with E-state index in [9.17, 15) is 0 Å². The summed E-state index contributed by atoms with van der Waals surface area (Å²) in [7, 11) is 0. The van der Waals surface area contributed by atoms with Crippen molar-refractivity contribution in [3.8, 4) is 0 Å². The number of aryl methyl sites for hydroxylation is 2. The van der Waals surface area contributed by atoms with Crippen molar-refractivity contribution in [1.82, 2.24) is 0 Å². The minimum absolute atomic E-state index is 0.209. The van der Waals surface area contributed by atoms with E-state index < -0.39 is 0 Å². The van der Waals surface area contributed by atoms with Gasteiger partial charge in [-0.05, 0) is 48.7 Å². The summed E-state index contributed by atoms with van der Waals surface area (Å²) >= 11 is 13.7. The monoisotopic (exact) mass is 285 g/mol. The van der Waals surface area contributed by atoms with Crippen molar-refractivity contribution < 1.29 is 0 Å². The van der Waals surface area contributed by atoms with Crippen LogP contribution < -0.4 is 5.73 Å². The second-order valence-electron chi connectivity index (χ2n) is 4.08. The number of nitrogens with two attached hydrogens (primary N) is 1. The van der Waals surface area contributed by atoms with Crippen molar-refractivity contribution >= 4 is 34.5 Å². The fourth-order valence-electron chi connectivity index (χ4n) is 1.69. The molecule has 2 rings (SSSR count). The summed E-state index contributed by atoms with van der Waals surface area (Å²) in [5, 5.41) is 0.713. The number of hydrogen-bond donors (Lipinski definition) is 1. The Bertz CT molecular complexity index is 548. The smallest absolute Gasteiger partial charge is 0.0931 e. The molecule has 90 valence electrons. The van der Waals surface area contributed by atoms with Gasteiger partial charge in [-0.15, -0.1) is 11.3 Å². The molecule has 17 heavy (non-hydrogen) atoms. The van der Waals surface area contributed by atoms with Gasteiger partial charge in [0.1, 0.15) is 0 Å². The van der Waals surface area contributed by atoms with E-state index in [4.69, 9.17) is 28.9 Å². The van der Waals surface area contributed by atoms with Crippen LogP contribution in [-0.2, 0) is 0 Å². The standard InChI is InChI=1S/C13H13Cl2NS/c1-7-5-9(10(14)6-8(7)2)13(16)11-3-4-12(15)17-11/h3-6,13H,16H2,1-2H3. The van der Waals surface area contributed by atoms with Crippen LogP contribution in [0, 0.1) is 13.8 Å². The predicted molar refractivity (Wildman–Crippen MR) is 76.3 cm³/mol. The molecule has 0 saturated carbocycles. The van der Waals surface area contributed by atoms with Gasteiger partial charge in [0, 0.05) is 9.90 Å². The lowest BCUT2D eigenvalue weighted by Crippen LogP contribution is -2.11. The second kappa shape index (κ2) is 4.99. The van der Waals surface area contributed by atoms with Crippen molar-refractivity contribution in [2.75, 3.05) is 0 Å². The van der Waals surface area contributed by atoms with Gasteiger partial charge in [-0.1, -0.05) is 29.3 Å². The lowest BCUT2D eigenvalue weighted by Gasteiger charge is -2.14. The molecule has 0 radical (unpaired) electrons. The number of thiophene rings is 1. The van der Waals surface area contributed by atoms with E-state index in [2.05, 4.69) is 13.0 Å². The summed E-state index contributed by atoms with van der Waals surface area (Å²) in [5.41, 5.74) is 9.54. The van der Waals surface area contributed by atoms with Crippen LogP contribution in [-0.4, -0.2) is 0 Å². The number of rotatable bonds is 2. The molecule has 1 unspecified atom stereocenters. The highest BCUT2D eigenvalue weighted by Gasteiger charge is 2.15. The van der Waals surface area contributed by atoms with Crippen molar-refractivity contribution in [3.05, 3.63) is 55.2 Å². The van der Waals surface area contributed by atoms with Crippen LogP contribution >= 0.6 is 34.5 Å². The maximum absolute atomic E-state index is 6.24. The van der Waals surface area contributed by atoms with E-state index in [1.807, 2.05) is 25.1 Å². The summed E-state index contributed by atoms with van der Waals surface area (Å²) in [4.78, 5) is 1.03. The Morgan fingerprint density at radius 1 is 1.12 bits per heavy atom. The van der Waals surface area contributed by atoms with Gasteiger partial charge in [-0.25, -0.2) is 0 Å². The molecule has 0 aliphatic carbocycles. The van der Waals surface area contributed by atoms with Gasteiger partial charge >= 0.3 is 0 Å². The maximum Gasteiger partial charge on any atom is 0.0931 e. The summed E-state index contributed by atoms with van der Waals surface area (Å²) in [6.45, 7) is 4.10. The summed E-state index contributed by atoms with van der Waals surface area (Å²) in [6, 6.07) is 7.61. The molecule has 1 atom stereocenters. The SMILES string of the molecule is Cc1cc(Cl)c(C(N)c2ccc(Cl)s2)cc1C. The molecule has 0 saturated heterocycles. The number of hydrogen-bond acceptors (Lipinski definition) is 2. The molecule has 1 aromatic carbocycles. The first-order chi connectivity index (χ1) is 7.99. The molecule has 0 bridgehead atoms. The maximum atomic E-state index is 6.24. The average Bonchev–Trinajstić information content (AvgIpc) is 2.69. The first-order valence-electron chi connectivity index (χ1n) is 5.26. The highest BCUT2D eigenvalue weighted by molar-refractivity contribution is 7.16.